The monoisotopic (exact) mass is 450 g/mol. The van der Waals surface area contributed by atoms with E-state index in [-0.39, 0.29) is 12.3 Å². The van der Waals surface area contributed by atoms with Gasteiger partial charge in [-0.2, -0.15) is 0 Å². The van der Waals surface area contributed by atoms with Crippen LogP contribution in [0.5, 0.6) is 0 Å². The molecule has 8 nitrogen and oxygen atoms in total. The number of nitrogens with one attached hydrogen (secondary N) is 3. The Bertz CT molecular complexity index is 1180. The molecule has 0 bridgehead atoms. The molecule has 1 atom stereocenters. The summed E-state index contributed by atoms with van der Waals surface area (Å²) in [6.07, 6.45) is 1.56. The van der Waals surface area contributed by atoms with Gasteiger partial charge >= 0.3 is 6.09 Å². The third kappa shape index (κ3) is 6.58. The van der Waals surface area contributed by atoms with Crippen molar-refractivity contribution in [1.82, 2.24) is 9.88 Å². The molecule has 0 spiro atoms. The zero-order valence-corrected chi connectivity index (χ0v) is 19.6. The van der Waals surface area contributed by atoms with Gasteiger partial charge in [0.25, 0.3) is 0 Å². The summed E-state index contributed by atoms with van der Waals surface area (Å²) in [7, 11) is 1.94. The number of carbonyl (C=O) groups is 3. The first-order valence-electron chi connectivity index (χ1n) is 10.7. The highest BCUT2D eigenvalue weighted by Crippen LogP contribution is 2.22. The number of amides is 3. The van der Waals surface area contributed by atoms with Crippen molar-refractivity contribution in [3.8, 4) is 0 Å². The quantitative estimate of drug-likeness (QED) is 0.524. The molecule has 0 radical (unpaired) electrons. The Kier molecular flexibility index (Phi) is 7.06. The minimum Gasteiger partial charge on any atom is -0.444 e. The first kappa shape index (κ1) is 23.8. The van der Waals surface area contributed by atoms with Crippen molar-refractivity contribution in [3.63, 3.8) is 0 Å². The van der Waals surface area contributed by atoms with Gasteiger partial charge in [-0.3, -0.25) is 9.59 Å². The third-order valence-electron chi connectivity index (χ3n) is 4.86. The van der Waals surface area contributed by atoms with E-state index in [1.165, 1.54) is 6.92 Å². The number of ether oxygens (including phenoxy) is 1. The van der Waals surface area contributed by atoms with Crippen LogP contribution >= 0.6 is 0 Å². The van der Waals surface area contributed by atoms with E-state index < -0.39 is 23.6 Å². The molecule has 1 aromatic heterocycles. The highest BCUT2D eigenvalue weighted by Gasteiger charge is 2.26. The molecule has 0 aliphatic carbocycles. The summed E-state index contributed by atoms with van der Waals surface area (Å²) < 4.78 is 7.37. The number of benzene rings is 2. The number of nitrogens with zero attached hydrogens (tertiary/aromatic N) is 1. The molecule has 3 N–H and O–H groups in total. The minimum atomic E-state index is -0.880. The third-order valence-corrected chi connectivity index (χ3v) is 4.86. The molecule has 174 valence electrons. The second-order valence-corrected chi connectivity index (χ2v) is 8.94. The standard InChI is InChI=1S/C25H30N4O4/c1-16(30)26-18-9-8-10-19(14-18)27-23(31)21(28-24(32)33-25(2,3)4)13-17-15-29(5)22-12-7-6-11-20(17)22/h6-12,14-15,21H,13H2,1-5H3,(H,26,30)(H,27,31)(H,28,32)/t21-/m0/s1. The van der Waals surface area contributed by atoms with E-state index in [2.05, 4.69) is 16.0 Å². The van der Waals surface area contributed by atoms with E-state index in [4.69, 9.17) is 4.74 Å². The molecule has 0 aliphatic heterocycles. The highest BCUT2D eigenvalue weighted by molar-refractivity contribution is 5.98. The number of hydrogen-bond donors (Lipinski definition) is 3. The maximum Gasteiger partial charge on any atom is 0.408 e. The average Bonchev–Trinajstić information content (AvgIpc) is 3.01. The van der Waals surface area contributed by atoms with Crippen LogP contribution in [0.1, 0.15) is 33.3 Å². The Labute approximate surface area is 193 Å². The minimum absolute atomic E-state index is 0.209. The van der Waals surface area contributed by atoms with E-state index in [9.17, 15) is 14.4 Å². The van der Waals surface area contributed by atoms with Crippen molar-refractivity contribution >= 4 is 40.2 Å². The van der Waals surface area contributed by atoms with Crippen molar-refractivity contribution in [2.75, 3.05) is 10.6 Å². The molecule has 3 aromatic rings. The van der Waals surface area contributed by atoms with E-state index in [0.29, 0.717) is 11.4 Å². The van der Waals surface area contributed by atoms with Crippen molar-refractivity contribution in [1.29, 1.82) is 0 Å². The van der Waals surface area contributed by atoms with Gasteiger partial charge < -0.3 is 25.3 Å². The molecule has 2 aromatic carbocycles. The number of aryl methyl sites for hydroxylation is 1. The van der Waals surface area contributed by atoms with Crippen LogP contribution in [0.2, 0.25) is 0 Å². The van der Waals surface area contributed by atoms with Gasteiger partial charge in [-0.15, -0.1) is 0 Å². The predicted octanol–water partition coefficient (Wildman–Crippen LogP) is 4.21. The summed E-state index contributed by atoms with van der Waals surface area (Å²) in [5, 5.41) is 9.24. The second-order valence-electron chi connectivity index (χ2n) is 8.94. The van der Waals surface area contributed by atoms with Crippen LogP contribution in [0.25, 0.3) is 10.9 Å². The topological polar surface area (TPSA) is 101 Å². The molecule has 8 heteroatoms. The molecule has 0 unspecified atom stereocenters. The largest absolute Gasteiger partial charge is 0.444 e. The molecule has 0 saturated heterocycles. The fraction of sp³-hybridized carbons (Fsp3) is 0.320. The van der Waals surface area contributed by atoms with Crippen molar-refractivity contribution in [3.05, 3.63) is 60.3 Å². The number of fused-ring (bicyclic) bond motifs is 1. The molecule has 3 rings (SSSR count). The predicted molar refractivity (Wildman–Crippen MR) is 129 cm³/mol. The Balaban J connectivity index is 1.85. The summed E-state index contributed by atoms with van der Waals surface area (Å²) in [6, 6.07) is 13.8. The first-order valence-corrected chi connectivity index (χ1v) is 10.7. The Morgan fingerprint density at radius 3 is 2.33 bits per heavy atom. The second kappa shape index (κ2) is 9.77. The van der Waals surface area contributed by atoms with E-state index in [1.807, 2.05) is 42.1 Å². The van der Waals surface area contributed by atoms with Crippen LogP contribution in [0.4, 0.5) is 16.2 Å². The lowest BCUT2D eigenvalue weighted by molar-refractivity contribution is -0.118. The van der Waals surface area contributed by atoms with Crippen LogP contribution in [-0.2, 0) is 27.8 Å². The van der Waals surface area contributed by atoms with E-state index in [0.717, 1.165) is 16.5 Å². The van der Waals surface area contributed by atoms with Gasteiger partial charge in [0.05, 0.1) is 0 Å². The lowest BCUT2D eigenvalue weighted by atomic mass is 10.0. The highest BCUT2D eigenvalue weighted by atomic mass is 16.6. The van der Waals surface area contributed by atoms with Gasteiger partial charge in [0.2, 0.25) is 11.8 Å². The average molecular weight is 451 g/mol. The van der Waals surface area contributed by atoms with Crippen LogP contribution in [0, 0.1) is 0 Å². The van der Waals surface area contributed by atoms with E-state index in [1.54, 1.807) is 45.0 Å². The van der Waals surface area contributed by atoms with Crippen molar-refractivity contribution in [2.45, 2.75) is 45.8 Å². The van der Waals surface area contributed by atoms with Crippen LogP contribution in [-0.4, -0.2) is 34.1 Å². The molecule has 33 heavy (non-hydrogen) atoms. The number of aromatic nitrogens is 1. The van der Waals surface area contributed by atoms with Gasteiger partial charge in [-0.05, 0) is 50.6 Å². The van der Waals surface area contributed by atoms with Gasteiger partial charge in [0.1, 0.15) is 11.6 Å². The number of hydrogen-bond acceptors (Lipinski definition) is 4. The molecule has 0 aliphatic rings. The fourth-order valence-electron chi connectivity index (χ4n) is 3.57. The van der Waals surface area contributed by atoms with Crippen LogP contribution < -0.4 is 16.0 Å². The Morgan fingerprint density at radius 1 is 1.00 bits per heavy atom. The lowest BCUT2D eigenvalue weighted by Gasteiger charge is -2.23. The zero-order valence-electron chi connectivity index (χ0n) is 19.6. The van der Waals surface area contributed by atoms with Gasteiger partial charge in [0.15, 0.2) is 0 Å². The zero-order chi connectivity index (χ0) is 24.2. The summed E-state index contributed by atoms with van der Waals surface area (Å²) in [4.78, 5) is 37.1. The maximum absolute atomic E-state index is 13.2. The number of para-hydroxylation sites is 1. The summed E-state index contributed by atoms with van der Waals surface area (Å²) in [5.41, 5.74) is 2.33. The van der Waals surface area contributed by atoms with Crippen LogP contribution in [0.3, 0.4) is 0 Å². The van der Waals surface area contributed by atoms with Gasteiger partial charge in [-0.25, -0.2) is 4.79 Å². The van der Waals surface area contributed by atoms with Crippen LogP contribution in [0.15, 0.2) is 54.7 Å². The van der Waals surface area contributed by atoms with E-state index >= 15 is 0 Å². The SMILES string of the molecule is CC(=O)Nc1cccc(NC(=O)[C@H](Cc2cn(C)c3ccccc23)NC(=O)OC(C)(C)C)c1. The lowest BCUT2D eigenvalue weighted by Crippen LogP contribution is -2.47. The molecule has 0 saturated carbocycles. The Hall–Kier alpha value is -3.81. The fourth-order valence-corrected chi connectivity index (χ4v) is 3.57. The molecular weight excluding hydrogens is 420 g/mol. The summed E-state index contributed by atoms with van der Waals surface area (Å²) >= 11 is 0. The van der Waals surface area contributed by atoms with Gasteiger partial charge in [-0.1, -0.05) is 24.3 Å². The summed E-state index contributed by atoms with van der Waals surface area (Å²) in [5.74, 6) is -0.604. The number of alkyl carbamates (subject to hydrolysis) is 1. The normalized spacial score (nSPS) is 12.2. The van der Waals surface area contributed by atoms with Gasteiger partial charge in [0, 0.05) is 48.9 Å². The molecule has 0 fully saturated rings. The molecular formula is C25H30N4O4. The number of carbonyl (C=O) groups excluding carboxylic acids is 3. The molecule has 3 amide bonds. The smallest absolute Gasteiger partial charge is 0.408 e. The Morgan fingerprint density at radius 2 is 1.67 bits per heavy atom. The number of rotatable bonds is 6. The van der Waals surface area contributed by atoms with Crippen molar-refractivity contribution in [2.24, 2.45) is 7.05 Å². The maximum atomic E-state index is 13.2. The summed E-state index contributed by atoms with van der Waals surface area (Å²) in [6.45, 7) is 6.70. The number of anilines is 2. The first-order chi connectivity index (χ1) is 15.5. The molecule has 1 heterocycles. The van der Waals surface area contributed by atoms with Crippen molar-refractivity contribution < 1.29 is 19.1 Å².